The van der Waals surface area contributed by atoms with Gasteiger partial charge >= 0.3 is 0 Å². The third-order valence-electron chi connectivity index (χ3n) is 1.61. The molecular formula is C10H19NO2S. The Labute approximate surface area is 90.2 Å². The number of carbonyl (C=O) groups excluding carboxylic acids is 1. The SMILES string of the molecule is C=CCN(CCO)C(=O)CSC(C)C. The van der Waals surface area contributed by atoms with Crippen LogP contribution >= 0.6 is 11.8 Å². The Kier molecular flexibility index (Phi) is 7.61. The fraction of sp³-hybridized carbons (Fsp3) is 0.700. The highest BCUT2D eigenvalue weighted by molar-refractivity contribution is 8.00. The van der Waals surface area contributed by atoms with Crippen LogP contribution in [-0.4, -0.2) is 46.6 Å². The Morgan fingerprint density at radius 2 is 2.29 bits per heavy atom. The van der Waals surface area contributed by atoms with E-state index in [1.54, 1.807) is 22.7 Å². The number of hydrogen-bond acceptors (Lipinski definition) is 3. The lowest BCUT2D eigenvalue weighted by molar-refractivity contribution is -0.128. The maximum atomic E-state index is 11.6. The van der Waals surface area contributed by atoms with Crippen molar-refractivity contribution in [1.29, 1.82) is 0 Å². The molecule has 0 aromatic rings. The van der Waals surface area contributed by atoms with Gasteiger partial charge in [0.25, 0.3) is 0 Å². The Hall–Kier alpha value is -0.480. The lowest BCUT2D eigenvalue weighted by Crippen LogP contribution is -2.35. The maximum absolute atomic E-state index is 11.6. The molecule has 0 aliphatic rings. The van der Waals surface area contributed by atoms with Gasteiger partial charge in [0.1, 0.15) is 0 Å². The summed E-state index contributed by atoms with van der Waals surface area (Å²) in [5.74, 6) is 0.545. The molecule has 0 fully saturated rings. The molecule has 0 bridgehead atoms. The summed E-state index contributed by atoms with van der Waals surface area (Å²) in [6.45, 7) is 8.60. The monoisotopic (exact) mass is 217 g/mol. The van der Waals surface area contributed by atoms with Crippen molar-refractivity contribution >= 4 is 17.7 Å². The zero-order valence-corrected chi connectivity index (χ0v) is 9.72. The van der Waals surface area contributed by atoms with E-state index in [0.717, 1.165) is 0 Å². The smallest absolute Gasteiger partial charge is 0.232 e. The average Bonchev–Trinajstić information content (AvgIpc) is 2.14. The van der Waals surface area contributed by atoms with Crippen LogP contribution in [0.2, 0.25) is 0 Å². The van der Waals surface area contributed by atoms with Gasteiger partial charge in [-0.05, 0) is 5.25 Å². The van der Waals surface area contributed by atoms with E-state index in [0.29, 0.717) is 24.1 Å². The molecule has 0 radical (unpaired) electrons. The summed E-state index contributed by atoms with van der Waals surface area (Å²) in [5.41, 5.74) is 0. The minimum absolute atomic E-state index is 0.00588. The molecule has 0 saturated heterocycles. The molecule has 1 N–H and O–H groups in total. The Morgan fingerprint density at radius 3 is 2.71 bits per heavy atom. The van der Waals surface area contributed by atoms with Gasteiger partial charge in [-0.15, -0.1) is 18.3 Å². The van der Waals surface area contributed by atoms with Crippen molar-refractivity contribution in [3.63, 3.8) is 0 Å². The first-order valence-corrected chi connectivity index (χ1v) is 5.77. The summed E-state index contributed by atoms with van der Waals surface area (Å²) in [6.07, 6.45) is 1.67. The molecule has 0 aromatic heterocycles. The second-order valence-electron chi connectivity index (χ2n) is 3.21. The highest BCUT2D eigenvalue weighted by Gasteiger charge is 2.11. The zero-order chi connectivity index (χ0) is 11.0. The van der Waals surface area contributed by atoms with E-state index in [2.05, 4.69) is 20.4 Å². The van der Waals surface area contributed by atoms with Crippen LogP contribution in [-0.2, 0) is 4.79 Å². The van der Waals surface area contributed by atoms with Crippen molar-refractivity contribution in [2.45, 2.75) is 19.1 Å². The number of nitrogens with zero attached hydrogens (tertiary/aromatic N) is 1. The molecule has 14 heavy (non-hydrogen) atoms. The number of carbonyl (C=O) groups is 1. The quantitative estimate of drug-likeness (QED) is 0.650. The fourth-order valence-corrected chi connectivity index (χ4v) is 1.58. The van der Waals surface area contributed by atoms with Crippen molar-refractivity contribution < 1.29 is 9.90 Å². The van der Waals surface area contributed by atoms with Gasteiger partial charge in [-0.25, -0.2) is 0 Å². The highest BCUT2D eigenvalue weighted by atomic mass is 32.2. The highest BCUT2D eigenvalue weighted by Crippen LogP contribution is 2.09. The minimum atomic E-state index is 0.00588. The lowest BCUT2D eigenvalue weighted by atomic mass is 10.4. The standard InChI is InChI=1S/C10H19NO2S/c1-4-5-11(6-7-12)10(13)8-14-9(2)3/h4,9,12H,1,5-8H2,2-3H3. The van der Waals surface area contributed by atoms with E-state index in [1.165, 1.54) is 0 Å². The average molecular weight is 217 g/mol. The molecule has 1 amide bonds. The Balaban J connectivity index is 3.94. The molecule has 0 aromatic carbocycles. The van der Waals surface area contributed by atoms with Crippen LogP contribution in [0, 0.1) is 0 Å². The van der Waals surface area contributed by atoms with Gasteiger partial charge in [0, 0.05) is 13.1 Å². The van der Waals surface area contributed by atoms with Gasteiger partial charge in [-0.3, -0.25) is 4.79 Å². The summed E-state index contributed by atoms with van der Waals surface area (Å²) in [5, 5.41) is 9.21. The summed E-state index contributed by atoms with van der Waals surface area (Å²) in [4.78, 5) is 13.2. The van der Waals surface area contributed by atoms with Gasteiger partial charge in [-0.1, -0.05) is 19.9 Å². The molecule has 0 spiro atoms. The first kappa shape index (κ1) is 13.5. The van der Waals surface area contributed by atoms with Crippen LogP contribution in [0.3, 0.4) is 0 Å². The van der Waals surface area contributed by atoms with E-state index in [1.807, 2.05) is 0 Å². The molecule has 0 heterocycles. The molecule has 0 unspecified atom stereocenters. The van der Waals surface area contributed by atoms with Crippen molar-refractivity contribution in [2.24, 2.45) is 0 Å². The Bertz CT molecular complexity index is 183. The maximum Gasteiger partial charge on any atom is 0.232 e. The number of thioether (sulfide) groups is 1. The van der Waals surface area contributed by atoms with Crippen molar-refractivity contribution in [3.05, 3.63) is 12.7 Å². The second kappa shape index (κ2) is 7.88. The number of aliphatic hydroxyl groups is 1. The third kappa shape index (κ3) is 6.05. The predicted octanol–water partition coefficient (Wildman–Crippen LogP) is 1.13. The molecule has 0 atom stereocenters. The topological polar surface area (TPSA) is 40.5 Å². The second-order valence-corrected chi connectivity index (χ2v) is 4.78. The predicted molar refractivity (Wildman–Crippen MR) is 61.5 cm³/mol. The first-order valence-electron chi connectivity index (χ1n) is 4.73. The van der Waals surface area contributed by atoms with Crippen LogP contribution in [0.5, 0.6) is 0 Å². The molecular weight excluding hydrogens is 198 g/mol. The first-order chi connectivity index (χ1) is 6.61. The molecule has 4 heteroatoms. The van der Waals surface area contributed by atoms with E-state index in [-0.39, 0.29) is 12.5 Å². The van der Waals surface area contributed by atoms with Crippen LogP contribution < -0.4 is 0 Å². The minimum Gasteiger partial charge on any atom is -0.395 e. The van der Waals surface area contributed by atoms with Gasteiger partial charge < -0.3 is 10.0 Å². The fourth-order valence-electron chi connectivity index (χ4n) is 0.924. The van der Waals surface area contributed by atoms with E-state index < -0.39 is 0 Å². The van der Waals surface area contributed by atoms with Gasteiger partial charge in [0.15, 0.2) is 0 Å². The van der Waals surface area contributed by atoms with Crippen molar-refractivity contribution in [1.82, 2.24) is 4.90 Å². The lowest BCUT2D eigenvalue weighted by Gasteiger charge is -2.20. The molecule has 0 rings (SSSR count). The number of hydrogen-bond donors (Lipinski definition) is 1. The summed E-state index contributed by atoms with van der Waals surface area (Å²) >= 11 is 1.61. The van der Waals surface area contributed by atoms with Crippen LogP contribution in [0.1, 0.15) is 13.8 Å². The van der Waals surface area contributed by atoms with E-state index in [9.17, 15) is 4.79 Å². The Morgan fingerprint density at radius 1 is 1.64 bits per heavy atom. The summed E-state index contributed by atoms with van der Waals surface area (Å²) in [6, 6.07) is 0. The van der Waals surface area contributed by atoms with Crippen molar-refractivity contribution in [2.75, 3.05) is 25.4 Å². The van der Waals surface area contributed by atoms with Gasteiger partial charge in [0.05, 0.1) is 12.4 Å². The summed E-state index contributed by atoms with van der Waals surface area (Å²) < 4.78 is 0. The largest absolute Gasteiger partial charge is 0.395 e. The van der Waals surface area contributed by atoms with E-state index in [4.69, 9.17) is 5.11 Å². The van der Waals surface area contributed by atoms with Crippen LogP contribution in [0.15, 0.2) is 12.7 Å². The molecule has 82 valence electrons. The molecule has 0 aliphatic carbocycles. The normalized spacial score (nSPS) is 10.3. The van der Waals surface area contributed by atoms with Gasteiger partial charge in [0.2, 0.25) is 5.91 Å². The molecule has 0 aliphatic heterocycles. The number of rotatable bonds is 7. The zero-order valence-electron chi connectivity index (χ0n) is 8.90. The molecule has 3 nitrogen and oxygen atoms in total. The summed E-state index contributed by atoms with van der Waals surface area (Å²) in [7, 11) is 0. The third-order valence-corrected chi connectivity index (χ3v) is 2.69. The van der Waals surface area contributed by atoms with Crippen molar-refractivity contribution in [3.8, 4) is 0 Å². The molecule has 0 saturated carbocycles. The van der Waals surface area contributed by atoms with Gasteiger partial charge in [-0.2, -0.15) is 0 Å². The van der Waals surface area contributed by atoms with E-state index >= 15 is 0 Å². The van der Waals surface area contributed by atoms with Crippen LogP contribution in [0.25, 0.3) is 0 Å². The number of aliphatic hydroxyl groups excluding tert-OH is 1. The number of amides is 1. The van der Waals surface area contributed by atoms with Crippen LogP contribution in [0.4, 0.5) is 0 Å².